The fraction of sp³-hybridized carbons (Fsp3) is 0.222. The zero-order chi connectivity index (χ0) is 8.27. The summed E-state index contributed by atoms with van der Waals surface area (Å²) in [5.74, 6) is -0.190. The molecule has 0 radical (unpaired) electrons. The van der Waals surface area contributed by atoms with Gasteiger partial charge in [0.25, 0.3) is 0 Å². The minimum Gasteiger partial charge on any atom is -0.504 e. The van der Waals surface area contributed by atoms with E-state index in [1.54, 1.807) is 12.1 Å². The van der Waals surface area contributed by atoms with E-state index in [1.807, 2.05) is 6.92 Å². The molecule has 2 heteroatoms. The lowest BCUT2D eigenvalue weighted by atomic mass is 10.2. The van der Waals surface area contributed by atoms with Crippen molar-refractivity contribution in [2.45, 2.75) is 13.3 Å². The minimum absolute atomic E-state index is 0.190. The van der Waals surface area contributed by atoms with Crippen molar-refractivity contribution < 1.29 is 5.11 Å². The molecule has 0 aliphatic rings. The first kappa shape index (κ1) is 7.79. The van der Waals surface area contributed by atoms with Gasteiger partial charge in [0.15, 0.2) is 5.75 Å². The van der Waals surface area contributed by atoms with Gasteiger partial charge in [-0.25, -0.2) is 0 Å². The zero-order valence-electron chi connectivity index (χ0n) is 6.37. The van der Waals surface area contributed by atoms with Crippen molar-refractivity contribution in [1.29, 1.82) is 0 Å². The van der Waals surface area contributed by atoms with Crippen molar-refractivity contribution in [2.75, 3.05) is 0 Å². The third kappa shape index (κ3) is 1.80. The number of hydrogen-bond donors (Lipinski definition) is 1. The van der Waals surface area contributed by atoms with Gasteiger partial charge in [0, 0.05) is 0 Å². The van der Waals surface area contributed by atoms with Crippen LogP contribution in [0.4, 0.5) is 0 Å². The van der Waals surface area contributed by atoms with Gasteiger partial charge >= 0.3 is 0 Å². The van der Waals surface area contributed by atoms with Crippen molar-refractivity contribution in [3.63, 3.8) is 0 Å². The number of aryl methyl sites for hydroxylation is 1. The van der Waals surface area contributed by atoms with Gasteiger partial charge in [-0.15, -0.1) is 0 Å². The summed E-state index contributed by atoms with van der Waals surface area (Å²) < 4.78 is 0. The lowest BCUT2D eigenvalue weighted by Crippen LogP contribution is -1.91. The van der Waals surface area contributed by atoms with Gasteiger partial charge in [-0.2, -0.15) is 0 Å². The second-order valence-electron chi connectivity index (χ2n) is 2.34. The van der Waals surface area contributed by atoms with Crippen molar-refractivity contribution >= 4 is 0 Å². The summed E-state index contributed by atoms with van der Waals surface area (Å²) in [6.07, 6.45) is 0.869. The third-order valence-corrected chi connectivity index (χ3v) is 1.56. The molecule has 1 N–H and O–H groups in total. The van der Waals surface area contributed by atoms with Crippen molar-refractivity contribution in [2.24, 2.45) is 0 Å². The summed E-state index contributed by atoms with van der Waals surface area (Å²) in [6.45, 7) is 2.00. The van der Waals surface area contributed by atoms with E-state index in [1.165, 1.54) is 12.1 Å². The fourth-order valence-electron chi connectivity index (χ4n) is 0.827. The Kier molecular flexibility index (Phi) is 2.26. The number of hydrogen-bond acceptors (Lipinski definition) is 2. The van der Waals surface area contributed by atoms with Gasteiger partial charge in [0.05, 0.1) is 0 Å². The Morgan fingerprint density at radius 3 is 2.55 bits per heavy atom. The maximum Gasteiger partial charge on any atom is 0.220 e. The normalized spacial score (nSPS) is 9.55. The lowest BCUT2D eigenvalue weighted by molar-refractivity contribution is 0.471. The molecule has 1 aromatic carbocycles. The van der Waals surface area contributed by atoms with Gasteiger partial charge in [-0.1, -0.05) is 19.1 Å². The van der Waals surface area contributed by atoms with E-state index in [0.717, 1.165) is 12.0 Å². The molecule has 0 heterocycles. The first-order chi connectivity index (χ1) is 5.24. The highest BCUT2D eigenvalue weighted by Gasteiger charge is 1.91. The van der Waals surface area contributed by atoms with Crippen LogP contribution < -0.4 is 5.43 Å². The third-order valence-electron chi connectivity index (χ3n) is 1.56. The topological polar surface area (TPSA) is 37.3 Å². The molecule has 1 aromatic rings. The first-order valence-electron chi connectivity index (χ1n) is 3.56. The van der Waals surface area contributed by atoms with E-state index < -0.39 is 0 Å². The molecular weight excluding hydrogens is 140 g/mol. The highest BCUT2D eigenvalue weighted by molar-refractivity contribution is 5.23. The molecule has 0 aromatic heterocycles. The van der Waals surface area contributed by atoms with Crippen LogP contribution >= 0.6 is 0 Å². The summed E-state index contributed by atoms with van der Waals surface area (Å²) >= 11 is 0. The van der Waals surface area contributed by atoms with Crippen molar-refractivity contribution in [3.8, 4) is 5.75 Å². The van der Waals surface area contributed by atoms with E-state index in [-0.39, 0.29) is 11.2 Å². The molecule has 11 heavy (non-hydrogen) atoms. The summed E-state index contributed by atoms with van der Waals surface area (Å²) in [5, 5.41) is 8.99. The Hall–Kier alpha value is -1.31. The minimum atomic E-state index is -0.329. The first-order valence-corrected chi connectivity index (χ1v) is 3.56. The predicted octanol–water partition coefficient (Wildman–Crippen LogP) is 1.31. The average molecular weight is 150 g/mol. The molecule has 0 saturated carbocycles. The molecule has 0 fully saturated rings. The summed E-state index contributed by atoms with van der Waals surface area (Å²) in [6, 6.07) is 6.29. The van der Waals surface area contributed by atoms with Crippen LogP contribution in [-0.2, 0) is 6.42 Å². The zero-order valence-corrected chi connectivity index (χ0v) is 6.37. The van der Waals surface area contributed by atoms with Crippen LogP contribution in [0.5, 0.6) is 5.75 Å². The SMILES string of the molecule is CCc1ccc(O)c(=O)cc1. The van der Waals surface area contributed by atoms with Gasteiger partial charge in [0.1, 0.15) is 0 Å². The van der Waals surface area contributed by atoms with E-state index in [9.17, 15) is 4.79 Å². The molecule has 58 valence electrons. The van der Waals surface area contributed by atoms with E-state index in [2.05, 4.69) is 0 Å². The molecule has 0 unspecified atom stereocenters. The second-order valence-corrected chi connectivity index (χ2v) is 2.34. The van der Waals surface area contributed by atoms with Crippen LogP contribution in [0.2, 0.25) is 0 Å². The monoisotopic (exact) mass is 150 g/mol. The molecule has 2 nitrogen and oxygen atoms in total. The average Bonchev–Trinajstić information content (AvgIpc) is 2.16. The van der Waals surface area contributed by atoms with Crippen LogP contribution in [0.25, 0.3) is 0 Å². The summed E-state index contributed by atoms with van der Waals surface area (Å²) in [4.78, 5) is 10.8. The van der Waals surface area contributed by atoms with Crippen LogP contribution in [0, 0.1) is 0 Å². The summed E-state index contributed by atoms with van der Waals surface area (Å²) in [5.41, 5.74) is 0.715. The lowest BCUT2D eigenvalue weighted by Gasteiger charge is -1.84. The van der Waals surface area contributed by atoms with Gasteiger partial charge in [-0.3, -0.25) is 4.79 Å². The Morgan fingerprint density at radius 1 is 1.27 bits per heavy atom. The van der Waals surface area contributed by atoms with Gasteiger partial charge in [-0.05, 0) is 24.1 Å². The molecule has 0 aliphatic heterocycles. The largest absolute Gasteiger partial charge is 0.504 e. The Morgan fingerprint density at radius 2 is 1.91 bits per heavy atom. The smallest absolute Gasteiger partial charge is 0.220 e. The predicted molar refractivity (Wildman–Crippen MR) is 43.8 cm³/mol. The quantitative estimate of drug-likeness (QED) is 0.655. The Bertz CT molecular complexity index is 305. The molecule has 0 bridgehead atoms. The van der Waals surface area contributed by atoms with Crippen molar-refractivity contribution in [1.82, 2.24) is 0 Å². The Balaban J connectivity index is 3.28. The fourth-order valence-corrected chi connectivity index (χ4v) is 0.827. The molecule has 0 aliphatic carbocycles. The van der Waals surface area contributed by atoms with Crippen LogP contribution in [0.1, 0.15) is 12.5 Å². The highest BCUT2D eigenvalue weighted by atomic mass is 16.3. The highest BCUT2D eigenvalue weighted by Crippen LogP contribution is 2.01. The number of aromatic hydroxyl groups is 1. The second kappa shape index (κ2) is 3.19. The maximum absolute atomic E-state index is 10.8. The molecule has 1 rings (SSSR count). The molecule has 0 amide bonds. The molecule has 0 atom stereocenters. The van der Waals surface area contributed by atoms with Crippen LogP contribution in [-0.4, -0.2) is 5.11 Å². The van der Waals surface area contributed by atoms with Crippen LogP contribution in [0.3, 0.4) is 0 Å². The molecular formula is C9H10O2. The molecule has 0 saturated heterocycles. The summed E-state index contributed by atoms with van der Waals surface area (Å²) in [7, 11) is 0. The standard InChI is InChI=1S/C9H10O2/c1-2-7-3-5-8(10)9(11)6-4-7/h3-6H,2H2,1H3,(H,10,11). The van der Waals surface area contributed by atoms with Crippen LogP contribution in [0.15, 0.2) is 29.1 Å². The maximum atomic E-state index is 10.8. The van der Waals surface area contributed by atoms with Gasteiger partial charge < -0.3 is 5.11 Å². The van der Waals surface area contributed by atoms with Gasteiger partial charge in [0.2, 0.25) is 5.43 Å². The Labute approximate surface area is 65.1 Å². The van der Waals surface area contributed by atoms with E-state index in [4.69, 9.17) is 5.11 Å². The number of rotatable bonds is 1. The molecule has 0 spiro atoms. The van der Waals surface area contributed by atoms with Crippen molar-refractivity contribution in [3.05, 3.63) is 40.1 Å². The van der Waals surface area contributed by atoms with E-state index >= 15 is 0 Å². The van der Waals surface area contributed by atoms with E-state index in [0.29, 0.717) is 0 Å².